The van der Waals surface area contributed by atoms with E-state index in [1.54, 1.807) is 6.92 Å². The SMILES string of the molecule is CCS(=O)(=O)NC1CCCCC1COc1ccc(CC#N)cc1. The van der Waals surface area contributed by atoms with Gasteiger partial charge in [-0.15, -0.1) is 0 Å². The van der Waals surface area contributed by atoms with Crippen LogP contribution in [-0.4, -0.2) is 26.8 Å². The van der Waals surface area contributed by atoms with E-state index in [0.29, 0.717) is 13.0 Å². The highest BCUT2D eigenvalue weighted by Gasteiger charge is 2.28. The van der Waals surface area contributed by atoms with Crippen LogP contribution in [0.1, 0.15) is 38.2 Å². The van der Waals surface area contributed by atoms with E-state index in [2.05, 4.69) is 10.8 Å². The number of ether oxygens (including phenoxy) is 1. The zero-order valence-corrected chi connectivity index (χ0v) is 14.3. The lowest BCUT2D eigenvalue weighted by atomic mass is 9.86. The van der Waals surface area contributed by atoms with Crippen LogP contribution in [-0.2, 0) is 16.4 Å². The zero-order valence-electron chi connectivity index (χ0n) is 13.5. The van der Waals surface area contributed by atoms with E-state index in [0.717, 1.165) is 37.0 Å². The molecule has 0 saturated heterocycles. The first-order valence-corrected chi connectivity index (χ1v) is 9.78. The normalized spacial score (nSPS) is 21.6. The largest absolute Gasteiger partial charge is 0.493 e. The van der Waals surface area contributed by atoms with Gasteiger partial charge in [-0.05, 0) is 37.5 Å². The fourth-order valence-corrected chi connectivity index (χ4v) is 3.81. The lowest BCUT2D eigenvalue weighted by molar-refractivity contribution is 0.180. The number of rotatable bonds is 7. The predicted molar refractivity (Wildman–Crippen MR) is 89.6 cm³/mol. The van der Waals surface area contributed by atoms with Crippen LogP contribution >= 0.6 is 0 Å². The second kappa shape index (κ2) is 8.32. The van der Waals surface area contributed by atoms with E-state index in [9.17, 15) is 8.42 Å². The van der Waals surface area contributed by atoms with Crippen LogP contribution in [0.5, 0.6) is 5.75 Å². The van der Waals surface area contributed by atoms with Crippen molar-refractivity contribution in [2.24, 2.45) is 5.92 Å². The van der Waals surface area contributed by atoms with Gasteiger partial charge in [-0.25, -0.2) is 13.1 Å². The molecule has 1 aliphatic carbocycles. The van der Waals surface area contributed by atoms with Crippen molar-refractivity contribution < 1.29 is 13.2 Å². The predicted octanol–water partition coefficient (Wildman–Crippen LogP) is 2.63. The fourth-order valence-electron chi connectivity index (χ4n) is 2.87. The number of nitriles is 1. The number of nitrogens with one attached hydrogen (secondary N) is 1. The summed E-state index contributed by atoms with van der Waals surface area (Å²) >= 11 is 0. The highest BCUT2D eigenvalue weighted by Crippen LogP contribution is 2.26. The Kier molecular flexibility index (Phi) is 6.43. The third kappa shape index (κ3) is 5.52. The molecule has 1 aromatic carbocycles. The second-order valence-corrected chi connectivity index (χ2v) is 8.00. The molecule has 2 rings (SSSR count). The molecule has 1 fully saturated rings. The molecule has 1 aliphatic rings. The van der Waals surface area contributed by atoms with Crippen LogP contribution in [0.3, 0.4) is 0 Å². The van der Waals surface area contributed by atoms with Gasteiger partial charge in [-0.1, -0.05) is 25.0 Å². The molecule has 0 aromatic heterocycles. The van der Waals surface area contributed by atoms with Gasteiger partial charge in [0.05, 0.1) is 24.8 Å². The van der Waals surface area contributed by atoms with E-state index < -0.39 is 10.0 Å². The third-order valence-corrected chi connectivity index (χ3v) is 5.71. The summed E-state index contributed by atoms with van der Waals surface area (Å²) in [6.45, 7) is 2.16. The Balaban J connectivity index is 1.92. The first-order valence-electron chi connectivity index (χ1n) is 8.12. The molecule has 0 bridgehead atoms. The maximum atomic E-state index is 11.8. The van der Waals surface area contributed by atoms with E-state index in [-0.39, 0.29) is 17.7 Å². The molecule has 2 unspecified atom stereocenters. The first-order chi connectivity index (χ1) is 11.0. The number of nitrogens with zero attached hydrogens (tertiary/aromatic N) is 1. The van der Waals surface area contributed by atoms with Crippen molar-refractivity contribution in [1.29, 1.82) is 5.26 Å². The molecule has 5 nitrogen and oxygen atoms in total. The van der Waals surface area contributed by atoms with Crippen LogP contribution in [0.4, 0.5) is 0 Å². The molecule has 1 saturated carbocycles. The van der Waals surface area contributed by atoms with E-state index >= 15 is 0 Å². The standard InChI is InChI=1S/C17H24N2O3S/c1-2-23(20,21)19-17-6-4-3-5-15(17)13-22-16-9-7-14(8-10-16)11-12-18/h7-10,15,17,19H,2-6,11,13H2,1H3. The molecule has 1 aromatic rings. The Morgan fingerprint density at radius 3 is 2.61 bits per heavy atom. The minimum absolute atomic E-state index is 0.0356. The van der Waals surface area contributed by atoms with Crippen molar-refractivity contribution in [3.8, 4) is 11.8 Å². The maximum Gasteiger partial charge on any atom is 0.211 e. The van der Waals surface area contributed by atoms with Gasteiger partial charge in [-0.2, -0.15) is 5.26 Å². The van der Waals surface area contributed by atoms with Crippen LogP contribution in [0.15, 0.2) is 24.3 Å². The Hall–Kier alpha value is -1.58. The first kappa shape index (κ1) is 17.8. The molecule has 1 N–H and O–H groups in total. The molecule has 126 valence electrons. The summed E-state index contributed by atoms with van der Waals surface area (Å²) in [5.41, 5.74) is 0.964. The second-order valence-electron chi connectivity index (χ2n) is 5.96. The minimum Gasteiger partial charge on any atom is -0.493 e. The fraction of sp³-hybridized carbons (Fsp3) is 0.588. The quantitative estimate of drug-likeness (QED) is 0.830. The van der Waals surface area contributed by atoms with Gasteiger partial charge in [0.1, 0.15) is 5.75 Å². The average Bonchev–Trinajstić information content (AvgIpc) is 2.55. The van der Waals surface area contributed by atoms with Gasteiger partial charge in [0, 0.05) is 12.0 Å². The van der Waals surface area contributed by atoms with Crippen molar-refractivity contribution in [1.82, 2.24) is 4.72 Å². The molecular formula is C17H24N2O3S. The van der Waals surface area contributed by atoms with Crippen molar-refractivity contribution in [2.75, 3.05) is 12.4 Å². The molecule has 0 aliphatic heterocycles. The number of hydrogen-bond acceptors (Lipinski definition) is 4. The molecule has 6 heteroatoms. The highest BCUT2D eigenvalue weighted by molar-refractivity contribution is 7.89. The van der Waals surface area contributed by atoms with E-state index in [1.165, 1.54) is 0 Å². The number of sulfonamides is 1. The van der Waals surface area contributed by atoms with E-state index in [1.807, 2.05) is 24.3 Å². The highest BCUT2D eigenvalue weighted by atomic mass is 32.2. The minimum atomic E-state index is -3.18. The van der Waals surface area contributed by atoms with Crippen LogP contribution in [0.25, 0.3) is 0 Å². The number of benzene rings is 1. The Labute approximate surface area is 138 Å². The summed E-state index contributed by atoms with van der Waals surface area (Å²) in [4.78, 5) is 0. The van der Waals surface area contributed by atoms with Gasteiger partial charge in [0.2, 0.25) is 10.0 Å². The molecule has 0 amide bonds. The molecule has 2 atom stereocenters. The lowest BCUT2D eigenvalue weighted by Crippen LogP contribution is -2.44. The van der Waals surface area contributed by atoms with Crippen molar-refractivity contribution in [2.45, 2.75) is 45.1 Å². The average molecular weight is 336 g/mol. The van der Waals surface area contributed by atoms with Crippen molar-refractivity contribution in [3.05, 3.63) is 29.8 Å². The van der Waals surface area contributed by atoms with Gasteiger partial charge >= 0.3 is 0 Å². The molecular weight excluding hydrogens is 312 g/mol. The van der Waals surface area contributed by atoms with E-state index in [4.69, 9.17) is 10.00 Å². The topological polar surface area (TPSA) is 79.2 Å². The Bertz CT molecular complexity index is 635. The molecule has 0 heterocycles. The molecule has 0 spiro atoms. The summed E-state index contributed by atoms with van der Waals surface area (Å²) in [6.07, 6.45) is 4.40. The van der Waals surface area contributed by atoms with Crippen LogP contribution in [0.2, 0.25) is 0 Å². The van der Waals surface area contributed by atoms with Gasteiger partial charge in [-0.3, -0.25) is 0 Å². The zero-order chi connectivity index (χ0) is 16.7. The van der Waals surface area contributed by atoms with Crippen LogP contribution in [0, 0.1) is 17.2 Å². The van der Waals surface area contributed by atoms with Gasteiger partial charge in [0.25, 0.3) is 0 Å². The van der Waals surface area contributed by atoms with Gasteiger partial charge < -0.3 is 4.74 Å². The summed E-state index contributed by atoms with van der Waals surface area (Å²) in [7, 11) is -3.18. The summed E-state index contributed by atoms with van der Waals surface area (Å²) in [5.74, 6) is 1.07. The maximum absolute atomic E-state index is 11.8. The Morgan fingerprint density at radius 2 is 1.96 bits per heavy atom. The van der Waals surface area contributed by atoms with Crippen molar-refractivity contribution in [3.63, 3.8) is 0 Å². The summed E-state index contributed by atoms with van der Waals surface area (Å²) in [5, 5.41) is 8.67. The van der Waals surface area contributed by atoms with Crippen LogP contribution < -0.4 is 9.46 Å². The molecule has 0 radical (unpaired) electrons. The third-order valence-electron chi connectivity index (χ3n) is 4.29. The smallest absolute Gasteiger partial charge is 0.211 e. The molecule has 23 heavy (non-hydrogen) atoms. The van der Waals surface area contributed by atoms with Crippen molar-refractivity contribution >= 4 is 10.0 Å². The monoisotopic (exact) mass is 336 g/mol. The summed E-state index contributed by atoms with van der Waals surface area (Å²) in [6, 6.07) is 9.57. The summed E-state index contributed by atoms with van der Waals surface area (Å²) < 4.78 is 32.3. The Morgan fingerprint density at radius 1 is 1.26 bits per heavy atom. The van der Waals surface area contributed by atoms with Gasteiger partial charge in [0.15, 0.2) is 0 Å². The lowest BCUT2D eigenvalue weighted by Gasteiger charge is -2.31. The number of hydrogen-bond donors (Lipinski definition) is 1.